The number of ether oxygens (including phenoxy) is 1. The van der Waals surface area contributed by atoms with Crippen molar-refractivity contribution in [3.8, 4) is 5.88 Å². The number of rotatable bonds is 5. The molecule has 0 amide bonds. The number of hydrogen-bond acceptors (Lipinski definition) is 6. The van der Waals surface area contributed by atoms with Crippen LogP contribution < -0.4 is 10.6 Å². The van der Waals surface area contributed by atoms with E-state index in [1.54, 1.807) is 48.7 Å². The molecule has 1 fully saturated rings. The van der Waals surface area contributed by atoms with Crippen LogP contribution in [0.2, 0.25) is 0 Å². The van der Waals surface area contributed by atoms with Gasteiger partial charge >= 0.3 is 0 Å². The van der Waals surface area contributed by atoms with Crippen LogP contribution in [0.25, 0.3) is 10.9 Å². The number of aliphatic imine (C=N–C) groups is 1. The Morgan fingerprint density at radius 2 is 1.70 bits per heavy atom. The Morgan fingerprint density at radius 1 is 1.00 bits per heavy atom. The summed E-state index contributed by atoms with van der Waals surface area (Å²) in [5.74, 6) is -0.102. The summed E-state index contributed by atoms with van der Waals surface area (Å²) in [4.78, 5) is 22.7. The number of benzene rings is 3. The molecular weight excluding hydrogens is 416 g/mol. The number of nitrogens with two attached hydrogens (primary N) is 1. The van der Waals surface area contributed by atoms with Gasteiger partial charge < -0.3 is 25.5 Å². The van der Waals surface area contributed by atoms with Crippen molar-refractivity contribution in [2.45, 2.75) is 0 Å². The molecule has 0 unspecified atom stereocenters. The molecule has 1 aliphatic heterocycles. The van der Waals surface area contributed by atoms with Gasteiger partial charge in [0.05, 0.1) is 24.5 Å². The Bertz CT molecular complexity index is 1320. The van der Waals surface area contributed by atoms with Crippen molar-refractivity contribution in [1.29, 1.82) is 0 Å². The maximum Gasteiger partial charge on any atom is 0.198 e. The number of nitrogen functional groups attached to an aromatic ring is 1. The second kappa shape index (κ2) is 8.80. The lowest BCUT2D eigenvalue weighted by Gasteiger charge is -2.28. The normalized spacial score (nSPS) is 14.2. The standard InChI is InChI=1S/C26H24N4O3/c27-19-4-1-17(2-5-19)25(31)18-3-10-24-22(15-18)23(26(32)29-24)16-28-20-6-8-21(9-7-20)30-11-13-33-14-12-30/h1-10,15-16,29,32H,11-14,27H2. The minimum absolute atomic E-state index is 0.00997. The summed E-state index contributed by atoms with van der Waals surface area (Å²) < 4.78 is 5.41. The molecule has 0 bridgehead atoms. The maximum atomic E-state index is 12.9. The molecule has 1 aliphatic rings. The van der Waals surface area contributed by atoms with E-state index in [1.165, 1.54) is 0 Å². The number of aromatic nitrogens is 1. The summed E-state index contributed by atoms with van der Waals surface area (Å²) in [5, 5.41) is 11.2. The van der Waals surface area contributed by atoms with E-state index in [1.807, 2.05) is 24.3 Å². The van der Waals surface area contributed by atoms with Gasteiger partial charge in [0.2, 0.25) is 0 Å². The highest BCUT2D eigenvalue weighted by atomic mass is 16.5. The zero-order chi connectivity index (χ0) is 22.8. The largest absolute Gasteiger partial charge is 0.494 e. The zero-order valence-electron chi connectivity index (χ0n) is 18.0. The molecule has 2 heterocycles. The van der Waals surface area contributed by atoms with Crippen molar-refractivity contribution in [3.63, 3.8) is 0 Å². The minimum Gasteiger partial charge on any atom is -0.494 e. The molecule has 7 nitrogen and oxygen atoms in total. The first kappa shape index (κ1) is 20.8. The number of H-pyrrole nitrogens is 1. The number of anilines is 2. The fraction of sp³-hybridized carbons (Fsp3) is 0.154. The molecule has 0 saturated carbocycles. The fourth-order valence-electron chi connectivity index (χ4n) is 3.98. The van der Waals surface area contributed by atoms with Crippen LogP contribution in [0.4, 0.5) is 17.1 Å². The van der Waals surface area contributed by atoms with Crippen LogP contribution >= 0.6 is 0 Å². The van der Waals surface area contributed by atoms with Crippen LogP contribution in [0.1, 0.15) is 21.5 Å². The van der Waals surface area contributed by atoms with Gasteiger partial charge in [-0.1, -0.05) is 0 Å². The molecule has 7 heteroatoms. The van der Waals surface area contributed by atoms with Crippen molar-refractivity contribution < 1.29 is 14.6 Å². The molecule has 1 aromatic heterocycles. The monoisotopic (exact) mass is 440 g/mol. The topological polar surface area (TPSA) is 104 Å². The number of aromatic hydroxyl groups is 1. The quantitative estimate of drug-likeness (QED) is 0.244. The van der Waals surface area contributed by atoms with Gasteiger partial charge in [-0.15, -0.1) is 0 Å². The molecule has 5 rings (SSSR count). The molecule has 4 aromatic rings. The average molecular weight is 441 g/mol. The Kier molecular flexibility index (Phi) is 5.54. The molecule has 166 valence electrons. The van der Waals surface area contributed by atoms with Crippen molar-refractivity contribution in [2.75, 3.05) is 36.9 Å². The second-order valence-electron chi connectivity index (χ2n) is 7.97. The lowest BCUT2D eigenvalue weighted by molar-refractivity contribution is 0.103. The number of fused-ring (bicyclic) bond motifs is 1. The van der Waals surface area contributed by atoms with Crippen molar-refractivity contribution in [1.82, 2.24) is 4.98 Å². The first-order valence-electron chi connectivity index (χ1n) is 10.8. The first-order valence-corrected chi connectivity index (χ1v) is 10.8. The summed E-state index contributed by atoms with van der Waals surface area (Å²) in [6.07, 6.45) is 1.62. The first-order chi connectivity index (χ1) is 16.1. The Labute approximate surface area is 191 Å². The lowest BCUT2D eigenvalue weighted by Crippen LogP contribution is -2.36. The maximum absolute atomic E-state index is 12.9. The van der Waals surface area contributed by atoms with E-state index in [-0.39, 0.29) is 11.7 Å². The molecule has 0 atom stereocenters. The number of carbonyl (C=O) groups is 1. The molecule has 0 spiro atoms. The highest BCUT2D eigenvalue weighted by molar-refractivity contribution is 6.12. The lowest BCUT2D eigenvalue weighted by atomic mass is 10.0. The van der Waals surface area contributed by atoms with Crippen molar-refractivity contribution in [2.24, 2.45) is 4.99 Å². The minimum atomic E-state index is -0.112. The summed E-state index contributed by atoms with van der Waals surface area (Å²) in [6.45, 7) is 3.23. The summed E-state index contributed by atoms with van der Waals surface area (Å²) in [6, 6.07) is 20.1. The summed E-state index contributed by atoms with van der Waals surface area (Å²) in [5.41, 5.74) is 10.6. The number of ketones is 1. The number of hydrogen-bond donors (Lipinski definition) is 3. The zero-order valence-corrected chi connectivity index (χ0v) is 18.0. The third-order valence-corrected chi connectivity index (χ3v) is 5.82. The number of morpholine rings is 1. The highest BCUT2D eigenvalue weighted by Crippen LogP contribution is 2.28. The van der Waals surface area contributed by atoms with E-state index >= 15 is 0 Å². The van der Waals surface area contributed by atoms with Crippen LogP contribution in [0.3, 0.4) is 0 Å². The van der Waals surface area contributed by atoms with E-state index in [2.05, 4.69) is 14.9 Å². The van der Waals surface area contributed by atoms with Crippen LogP contribution in [0, 0.1) is 0 Å². The fourth-order valence-corrected chi connectivity index (χ4v) is 3.98. The van der Waals surface area contributed by atoms with E-state index < -0.39 is 0 Å². The van der Waals surface area contributed by atoms with Gasteiger partial charge in [-0.05, 0) is 66.7 Å². The van der Waals surface area contributed by atoms with Gasteiger partial charge in [0.25, 0.3) is 0 Å². The molecule has 4 N–H and O–H groups in total. The van der Waals surface area contributed by atoms with Gasteiger partial charge in [-0.25, -0.2) is 0 Å². The number of carbonyl (C=O) groups excluding carboxylic acids is 1. The van der Waals surface area contributed by atoms with Gasteiger partial charge in [-0.2, -0.15) is 0 Å². The van der Waals surface area contributed by atoms with Crippen LogP contribution in [0.15, 0.2) is 71.7 Å². The Morgan fingerprint density at radius 3 is 2.42 bits per heavy atom. The third kappa shape index (κ3) is 4.31. The summed E-state index contributed by atoms with van der Waals surface area (Å²) in [7, 11) is 0. The van der Waals surface area contributed by atoms with E-state index in [0.717, 1.165) is 48.6 Å². The Hall–Kier alpha value is -4.10. The molecule has 3 aromatic carbocycles. The van der Waals surface area contributed by atoms with Crippen LogP contribution in [0.5, 0.6) is 5.88 Å². The molecular formula is C26H24N4O3. The number of aromatic amines is 1. The predicted molar refractivity (Wildman–Crippen MR) is 131 cm³/mol. The van der Waals surface area contributed by atoms with Gasteiger partial charge in [0, 0.05) is 52.7 Å². The van der Waals surface area contributed by atoms with E-state index in [9.17, 15) is 9.90 Å². The van der Waals surface area contributed by atoms with Crippen LogP contribution in [-0.4, -0.2) is 48.4 Å². The van der Waals surface area contributed by atoms with Crippen molar-refractivity contribution in [3.05, 3.63) is 83.4 Å². The van der Waals surface area contributed by atoms with Gasteiger partial charge in [0.15, 0.2) is 11.7 Å². The SMILES string of the molecule is Nc1ccc(C(=O)c2ccc3[nH]c(O)c(C=Nc4ccc(N5CCOCC5)cc4)c3c2)cc1. The Balaban J connectivity index is 1.41. The molecule has 0 aliphatic carbocycles. The van der Waals surface area contributed by atoms with Gasteiger partial charge in [-0.3, -0.25) is 9.79 Å². The molecule has 1 saturated heterocycles. The van der Waals surface area contributed by atoms with E-state index in [0.29, 0.717) is 22.4 Å². The summed E-state index contributed by atoms with van der Waals surface area (Å²) >= 11 is 0. The highest BCUT2D eigenvalue weighted by Gasteiger charge is 2.15. The van der Waals surface area contributed by atoms with Crippen molar-refractivity contribution >= 4 is 40.0 Å². The van der Waals surface area contributed by atoms with E-state index in [4.69, 9.17) is 10.5 Å². The van der Waals surface area contributed by atoms with Gasteiger partial charge in [0.1, 0.15) is 0 Å². The number of nitrogens with zero attached hydrogens (tertiary/aromatic N) is 2. The molecule has 33 heavy (non-hydrogen) atoms. The predicted octanol–water partition coefficient (Wildman–Crippen LogP) is 4.27. The molecule has 0 radical (unpaired) electrons. The smallest absolute Gasteiger partial charge is 0.198 e. The van der Waals surface area contributed by atoms with Crippen LogP contribution in [-0.2, 0) is 4.74 Å². The second-order valence-corrected chi connectivity index (χ2v) is 7.97. The average Bonchev–Trinajstić information content (AvgIpc) is 3.17. The third-order valence-electron chi connectivity index (χ3n) is 5.82. The number of nitrogens with one attached hydrogen (secondary N) is 1.